The van der Waals surface area contributed by atoms with Gasteiger partial charge in [0.1, 0.15) is 0 Å². The summed E-state index contributed by atoms with van der Waals surface area (Å²) in [6, 6.07) is 26.1. The van der Waals surface area contributed by atoms with Crippen molar-refractivity contribution >= 4 is 28.7 Å². The highest BCUT2D eigenvalue weighted by atomic mass is 16.1. The molecule has 0 bridgehead atoms. The van der Waals surface area contributed by atoms with E-state index in [1.807, 2.05) is 54.6 Å². The van der Waals surface area contributed by atoms with Crippen molar-refractivity contribution in [2.45, 2.75) is 19.3 Å². The van der Waals surface area contributed by atoms with Crippen LogP contribution in [0.2, 0.25) is 0 Å². The van der Waals surface area contributed by atoms with Crippen LogP contribution in [-0.4, -0.2) is 19.0 Å². The van der Waals surface area contributed by atoms with E-state index in [0.29, 0.717) is 6.42 Å². The molecule has 2 N–H and O–H groups in total. The molecule has 4 nitrogen and oxygen atoms in total. The number of carbonyl (C=O) groups is 1. The number of nitrogens with zero attached hydrogens (tertiary/aromatic N) is 1. The second-order valence-electron chi connectivity index (χ2n) is 7.15. The van der Waals surface area contributed by atoms with Crippen LogP contribution in [-0.2, 0) is 11.2 Å². The van der Waals surface area contributed by atoms with Crippen LogP contribution in [0.4, 0.5) is 22.7 Å². The largest absolute Gasteiger partial charge is 0.372 e. The van der Waals surface area contributed by atoms with Gasteiger partial charge in [-0.05, 0) is 66.9 Å². The molecule has 3 aromatic rings. The van der Waals surface area contributed by atoms with Gasteiger partial charge in [0, 0.05) is 35.8 Å². The lowest BCUT2D eigenvalue weighted by molar-refractivity contribution is -0.115. The summed E-state index contributed by atoms with van der Waals surface area (Å²) in [6.07, 6.45) is 2.95. The third-order valence-corrected chi connectivity index (χ3v) is 5.00. The number of nitrogens with one attached hydrogen (secondary N) is 2. The fourth-order valence-electron chi connectivity index (χ4n) is 3.52. The summed E-state index contributed by atoms with van der Waals surface area (Å²) in [5.41, 5.74) is 5.16. The van der Waals surface area contributed by atoms with Gasteiger partial charge in [0.2, 0.25) is 5.91 Å². The Hall–Kier alpha value is -3.27. The van der Waals surface area contributed by atoms with Gasteiger partial charge in [0.05, 0.1) is 6.42 Å². The molecule has 1 fully saturated rings. The Labute approximate surface area is 166 Å². The number of anilines is 4. The van der Waals surface area contributed by atoms with Gasteiger partial charge < -0.3 is 15.5 Å². The second-order valence-corrected chi connectivity index (χ2v) is 7.15. The van der Waals surface area contributed by atoms with Crippen LogP contribution in [0.15, 0.2) is 78.9 Å². The first-order valence-electron chi connectivity index (χ1n) is 9.82. The molecule has 0 saturated carbocycles. The topological polar surface area (TPSA) is 44.4 Å². The van der Waals surface area contributed by atoms with E-state index in [1.165, 1.54) is 18.5 Å². The number of carbonyl (C=O) groups excluding carboxylic acids is 1. The van der Waals surface area contributed by atoms with Gasteiger partial charge in [-0.15, -0.1) is 0 Å². The molecule has 1 aliphatic rings. The minimum absolute atomic E-state index is 0.00980. The van der Waals surface area contributed by atoms with Gasteiger partial charge in [-0.1, -0.05) is 30.3 Å². The maximum Gasteiger partial charge on any atom is 0.228 e. The summed E-state index contributed by atoms with van der Waals surface area (Å²) in [6.45, 7) is 2.31. The third-order valence-electron chi connectivity index (χ3n) is 5.00. The average Bonchev–Trinajstić information content (AvgIpc) is 3.26. The second kappa shape index (κ2) is 8.61. The molecule has 0 aliphatic carbocycles. The molecule has 3 aromatic carbocycles. The fourth-order valence-corrected chi connectivity index (χ4v) is 3.52. The zero-order valence-electron chi connectivity index (χ0n) is 15.9. The molecule has 0 radical (unpaired) electrons. The summed E-state index contributed by atoms with van der Waals surface area (Å²) < 4.78 is 0. The van der Waals surface area contributed by atoms with Crippen LogP contribution in [0, 0.1) is 0 Å². The lowest BCUT2D eigenvalue weighted by Gasteiger charge is -2.18. The zero-order chi connectivity index (χ0) is 19.2. The predicted octanol–water partition coefficient (Wildman–Crippen LogP) is 5.21. The highest BCUT2D eigenvalue weighted by molar-refractivity contribution is 5.92. The number of benzene rings is 3. The van der Waals surface area contributed by atoms with Gasteiger partial charge in [-0.25, -0.2) is 0 Å². The van der Waals surface area contributed by atoms with Crippen LogP contribution in [0.3, 0.4) is 0 Å². The molecule has 0 aromatic heterocycles. The lowest BCUT2D eigenvalue weighted by Crippen LogP contribution is -2.17. The Morgan fingerprint density at radius 3 is 1.96 bits per heavy atom. The number of hydrogen-bond acceptors (Lipinski definition) is 3. The monoisotopic (exact) mass is 371 g/mol. The smallest absolute Gasteiger partial charge is 0.228 e. The van der Waals surface area contributed by atoms with Crippen molar-refractivity contribution in [2.75, 3.05) is 28.6 Å². The van der Waals surface area contributed by atoms with Crippen LogP contribution in [0.25, 0.3) is 0 Å². The summed E-state index contributed by atoms with van der Waals surface area (Å²) in [5, 5.41) is 6.36. The molecule has 1 aliphatic heterocycles. The van der Waals surface area contributed by atoms with Gasteiger partial charge in [0.25, 0.3) is 0 Å². The van der Waals surface area contributed by atoms with Crippen molar-refractivity contribution in [1.29, 1.82) is 0 Å². The average molecular weight is 371 g/mol. The predicted molar refractivity (Wildman–Crippen MR) is 116 cm³/mol. The van der Waals surface area contributed by atoms with Crippen LogP contribution in [0.5, 0.6) is 0 Å². The van der Waals surface area contributed by atoms with E-state index in [2.05, 4.69) is 39.8 Å². The quantitative estimate of drug-likeness (QED) is 0.625. The molecule has 1 saturated heterocycles. The van der Waals surface area contributed by atoms with E-state index >= 15 is 0 Å². The van der Waals surface area contributed by atoms with Gasteiger partial charge in [0.15, 0.2) is 0 Å². The molecule has 0 unspecified atom stereocenters. The molecule has 0 atom stereocenters. The van der Waals surface area contributed by atoms with Crippen molar-refractivity contribution in [2.24, 2.45) is 0 Å². The normalized spacial score (nSPS) is 13.4. The van der Waals surface area contributed by atoms with Crippen molar-refractivity contribution in [3.05, 3.63) is 84.4 Å². The van der Waals surface area contributed by atoms with E-state index in [9.17, 15) is 4.79 Å². The standard InChI is InChI=1S/C24H25N3O/c28-24(18-19-6-2-1-3-7-19)26-22-10-8-20(9-11-22)25-21-12-14-23(15-13-21)27-16-4-5-17-27/h1-3,6-15,25H,4-5,16-18H2,(H,26,28). The summed E-state index contributed by atoms with van der Waals surface area (Å²) in [5.74, 6) is -0.00980. The maximum absolute atomic E-state index is 12.2. The summed E-state index contributed by atoms with van der Waals surface area (Å²) >= 11 is 0. The maximum atomic E-state index is 12.2. The first-order valence-corrected chi connectivity index (χ1v) is 9.82. The fraction of sp³-hybridized carbons (Fsp3) is 0.208. The minimum Gasteiger partial charge on any atom is -0.372 e. The number of rotatable bonds is 6. The van der Waals surface area contributed by atoms with Crippen molar-refractivity contribution in [3.8, 4) is 0 Å². The van der Waals surface area contributed by atoms with Crippen LogP contribution in [0.1, 0.15) is 18.4 Å². The molecule has 28 heavy (non-hydrogen) atoms. The Morgan fingerprint density at radius 2 is 1.32 bits per heavy atom. The molecular formula is C24H25N3O. The minimum atomic E-state index is -0.00980. The first-order chi connectivity index (χ1) is 13.8. The molecule has 142 valence electrons. The van der Waals surface area contributed by atoms with Crippen molar-refractivity contribution < 1.29 is 4.79 Å². The van der Waals surface area contributed by atoms with E-state index < -0.39 is 0 Å². The SMILES string of the molecule is O=C(Cc1ccccc1)Nc1ccc(Nc2ccc(N3CCCC3)cc2)cc1. The van der Waals surface area contributed by atoms with Gasteiger partial charge in [-0.2, -0.15) is 0 Å². The summed E-state index contributed by atoms with van der Waals surface area (Å²) in [7, 11) is 0. The molecule has 0 spiro atoms. The highest BCUT2D eigenvalue weighted by Gasteiger charge is 2.11. The Kier molecular flexibility index (Phi) is 5.57. The first kappa shape index (κ1) is 18.1. The highest BCUT2D eigenvalue weighted by Crippen LogP contribution is 2.24. The number of hydrogen-bond donors (Lipinski definition) is 2. The summed E-state index contributed by atoms with van der Waals surface area (Å²) in [4.78, 5) is 14.6. The molecule has 4 rings (SSSR count). The van der Waals surface area contributed by atoms with E-state index in [1.54, 1.807) is 0 Å². The van der Waals surface area contributed by atoms with Gasteiger partial charge >= 0.3 is 0 Å². The van der Waals surface area contributed by atoms with E-state index in [-0.39, 0.29) is 5.91 Å². The number of amides is 1. The van der Waals surface area contributed by atoms with Crippen LogP contribution >= 0.6 is 0 Å². The van der Waals surface area contributed by atoms with Crippen molar-refractivity contribution in [3.63, 3.8) is 0 Å². The zero-order valence-corrected chi connectivity index (χ0v) is 15.9. The Balaban J connectivity index is 1.32. The molecule has 1 amide bonds. The van der Waals surface area contributed by atoms with Crippen molar-refractivity contribution in [1.82, 2.24) is 0 Å². The van der Waals surface area contributed by atoms with Gasteiger partial charge in [-0.3, -0.25) is 4.79 Å². The van der Waals surface area contributed by atoms with Crippen LogP contribution < -0.4 is 15.5 Å². The molecule has 4 heteroatoms. The molecular weight excluding hydrogens is 346 g/mol. The van der Waals surface area contributed by atoms with E-state index in [0.717, 1.165) is 35.7 Å². The third kappa shape index (κ3) is 4.71. The Morgan fingerprint density at radius 1 is 0.750 bits per heavy atom. The molecule has 1 heterocycles. The Bertz CT molecular complexity index is 899. The van der Waals surface area contributed by atoms with E-state index in [4.69, 9.17) is 0 Å². The lowest BCUT2D eigenvalue weighted by atomic mass is 10.1.